The topological polar surface area (TPSA) is 63.0 Å². The lowest BCUT2D eigenvalue weighted by Gasteiger charge is -2.24. The lowest BCUT2D eigenvalue weighted by molar-refractivity contribution is 0.663. The molecule has 0 radical (unpaired) electrons. The number of nitrogens with zero attached hydrogens (tertiary/aromatic N) is 2. The Kier molecular flexibility index (Phi) is 6.25. The number of nitrogens with one attached hydrogen (secondary N) is 1. The van der Waals surface area contributed by atoms with Gasteiger partial charge in [0.1, 0.15) is 34.3 Å². The monoisotopic (exact) mass is 667 g/mol. The number of hydrogen-bond donors (Lipinski definition) is 1. The molecule has 1 N–H and O–H groups in total. The molecule has 8 aromatic carbocycles. The molecule has 0 spiro atoms. The van der Waals surface area contributed by atoms with E-state index in [9.17, 15) is 0 Å². The van der Waals surface area contributed by atoms with E-state index >= 15 is 0 Å². The predicted molar refractivity (Wildman–Crippen MR) is 213 cm³/mol. The number of aliphatic imine (C=N–C) groups is 2. The van der Waals surface area contributed by atoms with Crippen molar-refractivity contribution >= 4 is 77.1 Å². The third kappa shape index (κ3) is 4.49. The summed E-state index contributed by atoms with van der Waals surface area (Å²) >= 11 is 0. The molecule has 1 aliphatic rings. The number of furan rings is 2. The maximum Gasteiger partial charge on any atom is 0.160 e. The second-order valence-corrected chi connectivity index (χ2v) is 13.4. The molecule has 0 saturated carbocycles. The van der Waals surface area contributed by atoms with Gasteiger partial charge in [0.15, 0.2) is 5.84 Å². The van der Waals surface area contributed by atoms with Crippen molar-refractivity contribution in [2.45, 2.75) is 6.17 Å². The van der Waals surface area contributed by atoms with Crippen LogP contribution in [0.25, 0.3) is 76.5 Å². The Balaban J connectivity index is 1.11. The van der Waals surface area contributed by atoms with E-state index in [2.05, 4.69) is 115 Å². The third-order valence-corrected chi connectivity index (χ3v) is 10.3. The van der Waals surface area contributed by atoms with Crippen molar-refractivity contribution in [3.05, 3.63) is 180 Å². The first-order valence-electron chi connectivity index (χ1n) is 17.5. The van der Waals surface area contributed by atoms with Gasteiger partial charge in [-0.1, -0.05) is 121 Å². The zero-order valence-electron chi connectivity index (χ0n) is 27.9. The molecule has 2 aromatic heterocycles. The van der Waals surface area contributed by atoms with Crippen LogP contribution in [-0.2, 0) is 0 Å². The van der Waals surface area contributed by atoms with Gasteiger partial charge in [-0.2, -0.15) is 0 Å². The van der Waals surface area contributed by atoms with Gasteiger partial charge in [-0.3, -0.25) is 0 Å². The molecule has 11 rings (SSSR count). The molecule has 0 fully saturated rings. The molecule has 5 heteroatoms. The van der Waals surface area contributed by atoms with Crippen LogP contribution in [0.5, 0.6) is 0 Å². The first kappa shape index (κ1) is 28.8. The summed E-state index contributed by atoms with van der Waals surface area (Å²) in [6.45, 7) is 0. The van der Waals surface area contributed by atoms with Gasteiger partial charge in [0.2, 0.25) is 0 Å². The Labute approximate surface area is 298 Å². The van der Waals surface area contributed by atoms with Gasteiger partial charge in [-0.25, -0.2) is 9.98 Å². The Morgan fingerprint density at radius 2 is 1.15 bits per heavy atom. The van der Waals surface area contributed by atoms with Crippen LogP contribution in [0.3, 0.4) is 0 Å². The molecule has 10 aromatic rings. The molecule has 1 atom stereocenters. The highest BCUT2D eigenvalue weighted by Crippen LogP contribution is 2.41. The number of para-hydroxylation sites is 2. The van der Waals surface area contributed by atoms with E-state index in [4.69, 9.17) is 18.8 Å². The first-order chi connectivity index (χ1) is 25.7. The van der Waals surface area contributed by atoms with E-state index in [0.29, 0.717) is 5.84 Å². The molecule has 0 aliphatic carbocycles. The van der Waals surface area contributed by atoms with Crippen LogP contribution in [0.1, 0.15) is 22.9 Å². The van der Waals surface area contributed by atoms with Gasteiger partial charge < -0.3 is 14.2 Å². The molecule has 0 amide bonds. The zero-order valence-corrected chi connectivity index (χ0v) is 27.9. The Morgan fingerprint density at radius 3 is 2.04 bits per heavy atom. The minimum Gasteiger partial charge on any atom is -0.456 e. The molecular formula is C47H29N3O2. The fourth-order valence-corrected chi connectivity index (χ4v) is 7.82. The first-order valence-corrected chi connectivity index (χ1v) is 17.5. The smallest absolute Gasteiger partial charge is 0.160 e. The Hall–Kier alpha value is -6.98. The van der Waals surface area contributed by atoms with Crippen LogP contribution in [0, 0.1) is 0 Å². The minimum atomic E-state index is -0.385. The average molecular weight is 668 g/mol. The molecule has 1 aliphatic heterocycles. The van der Waals surface area contributed by atoms with Crippen molar-refractivity contribution in [1.82, 2.24) is 5.32 Å². The predicted octanol–water partition coefficient (Wildman–Crippen LogP) is 12.0. The number of rotatable bonds is 4. The molecule has 1 unspecified atom stereocenters. The van der Waals surface area contributed by atoms with Gasteiger partial charge in [-0.05, 0) is 75.1 Å². The summed E-state index contributed by atoms with van der Waals surface area (Å²) < 4.78 is 12.9. The van der Waals surface area contributed by atoms with E-state index in [-0.39, 0.29) is 6.17 Å². The molecule has 3 heterocycles. The van der Waals surface area contributed by atoms with Crippen molar-refractivity contribution in [2.24, 2.45) is 9.98 Å². The molecular weight excluding hydrogens is 639 g/mol. The van der Waals surface area contributed by atoms with Crippen LogP contribution in [0.2, 0.25) is 0 Å². The molecule has 0 saturated heterocycles. The normalized spacial score (nSPS) is 14.7. The fraction of sp³-hybridized carbons (Fsp3) is 0.0213. The summed E-state index contributed by atoms with van der Waals surface area (Å²) in [5.74, 6) is 1.41. The quantitative estimate of drug-likeness (QED) is 0.190. The molecule has 244 valence electrons. The van der Waals surface area contributed by atoms with Crippen LogP contribution in [0.4, 0.5) is 0 Å². The van der Waals surface area contributed by atoms with E-state index < -0.39 is 0 Å². The maximum absolute atomic E-state index is 6.73. The van der Waals surface area contributed by atoms with Crippen molar-refractivity contribution in [3.8, 4) is 11.1 Å². The minimum absolute atomic E-state index is 0.385. The third-order valence-electron chi connectivity index (χ3n) is 10.3. The van der Waals surface area contributed by atoms with Gasteiger partial charge in [-0.15, -0.1) is 0 Å². The van der Waals surface area contributed by atoms with Crippen molar-refractivity contribution in [3.63, 3.8) is 0 Å². The summed E-state index contributed by atoms with van der Waals surface area (Å²) in [5.41, 5.74) is 8.43. The van der Waals surface area contributed by atoms with Gasteiger partial charge in [0.25, 0.3) is 0 Å². The largest absolute Gasteiger partial charge is 0.456 e. The highest BCUT2D eigenvalue weighted by atomic mass is 16.3. The number of benzene rings is 8. The van der Waals surface area contributed by atoms with Crippen molar-refractivity contribution in [2.75, 3.05) is 0 Å². The summed E-state index contributed by atoms with van der Waals surface area (Å²) in [5, 5.41) is 12.7. The highest BCUT2D eigenvalue weighted by Gasteiger charge is 2.25. The average Bonchev–Trinajstić information content (AvgIpc) is 3.79. The summed E-state index contributed by atoms with van der Waals surface area (Å²) in [7, 11) is 0. The fourth-order valence-electron chi connectivity index (χ4n) is 7.82. The summed E-state index contributed by atoms with van der Waals surface area (Å²) in [6.07, 6.45) is -0.385. The van der Waals surface area contributed by atoms with Crippen LogP contribution in [0.15, 0.2) is 183 Å². The lowest BCUT2D eigenvalue weighted by atomic mass is 9.94. The lowest BCUT2D eigenvalue weighted by Crippen LogP contribution is -2.33. The van der Waals surface area contributed by atoms with Gasteiger partial charge >= 0.3 is 0 Å². The van der Waals surface area contributed by atoms with E-state index in [1.807, 2.05) is 54.6 Å². The van der Waals surface area contributed by atoms with Crippen LogP contribution in [-0.4, -0.2) is 11.7 Å². The van der Waals surface area contributed by atoms with Gasteiger partial charge in [0.05, 0.1) is 0 Å². The number of fused-ring (bicyclic) bond motifs is 9. The van der Waals surface area contributed by atoms with Crippen molar-refractivity contribution in [1.29, 1.82) is 0 Å². The number of hydrogen-bond acceptors (Lipinski definition) is 5. The van der Waals surface area contributed by atoms with Gasteiger partial charge in [0, 0.05) is 38.2 Å². The highest BCUT2D eigenvalue weighted by molar-refractivity contribution is 6.24. The van der Waals surface area contributed by atoms with Crippen LogP contribution >= 0.6 is 0 Å². The Bertz CT molecular complexity index is 3110. The SMILES string of the molecule is c1ccc(C2=NC(c3ccc(-c4ccc5c(ccc6ccccc65)c4)c4oc5ccccc5c34)=NC(c3ccc4oc5ccccc5c4c3)N2)cc1. The van der Waals surface area contributed by atoms with Crippen LogP contribution < -0.4 is 5.32 Å². The maximum atomic E-state index is 6.73. The molecule has 5 nitrogen and oxygen atoms in total. The van der Waals surface area contributed by atoms with Crippen molar-refractivity contribution < 1.29 is 8.83 Å². The van der Waals surface area contributed by atoms with E-state index in [0.717, 1.165) is 77.5 Å². The van der Waals surface area contributed by atoms with E-state index in [1.54, 1.807) is 0 Å². The summed E-state index contributed by atoms with van der Waals surface area (Å²) in [6, 6.07) is 56.9. The standard InChI is InChI=1S/C47H29N3O2/c1-2-11-29(12-3-1)45-48-46(32-21-25-42-39(27-32)36-14-6-8-16-40(36)51-42)50-47(49-45)38-24-23-35(44-43(38)37-15-7-9-17-41(37)52-44)31-20-22-34-30(26-31)19-18-28-10-4-5-13-33(28)34/h1-27,46H,(H,48,49,50). The van der Waals surface area contributed by atoms with E-state index in [1.165, 1.54) is 21.5 Å². The second kappa shape index (κ2) is 11.3. The zero-order chi connectivity index (χ0) is 34.2. The second-order valence-electron chi connectivity index (χ2n) is 13.4. The molecule has 0 bridgehead atoms. The summed E-state index contributed by atoms with van der Waals surface area (Å²) in [4.78, 5) is 10.5. The number of amidine groups is 2. The molecule has 52 heavy (non-hydrogen) atoms. The Morgan fingerprint density at radius 1 is 0.462 bits per heavy atom.